The van der Waals surface area contributed by atoms with Crippen molar-refractivity contribution >= 4 is 27.5 Å². The first kappa shape index (κ1) is 23.0. The zero-order chi connectivity index (χ0) is 23.6. The maximum Gasteiger partial charge on any atom is 0.416 e. The van der Waals surface area contributed by atoms with Crippen molar-refractivity contribution in [3.63, 3.8) is 0 Å². The molecule has 1 aromatic heterocycles. The van der Waals surface area contributed by atoms with Gasteiger partial charge in [0.05, 0.1) is 21.8 Å². The first-order valence-corrected chi connectivity index (χ1v) is 11.4. The molecule has 0 fully saturated rings. The molecule has 0 saturated heterocycles. The molecule has 0 spiro atoms. The van der Waals surface area contributed by atoms with E-state index in [9.17, 15) is 18.0 Å². The summed E-state index contributed by atoms with van der Waals surface area (Å²) in [7, 11) is 0. The van der Waals surface area contributed by atoms with Crippen molar-refractivity contribution < 1.29 is 18.0 Å². The van der Waals surface area contributed by atoms with Crippen LogP contribution in [0.15, 0.2) is 78.9 Å². The summed E-state index contributed by atoms with van der Waals surface area (Å²) in [5, 5.41) is 0.625. The van der Waals surface area contributed by atoms with Crippen LogP contribution < -0.4 is 0 Å². The number of nitrogens with zero attached hydrogens (tertiary/aromatic N) is 2. The Bertz CT molecular complexity index is 1240. The van der Waals surface area contributed by atoms with Gasteiger partial charge in [-0.05, 0) is 41.8 Å². The summed E-state index contributed by atoms with van der Waals surface area (Å²) in [6, 6.07) is 21.9. The van der Waals surface area contributed by atoms with Gasteiger partial charge in [0.2, 0.25) is 0 Å². The quantitative estimate of drug-likeness (QED) is 0.296. The molecule has 1 amide bonds. The first-order chi connectivity index (χ1) is 15.7. The van der Waals surface area contributed by atoms with Gasteiger partial charge in [-0.15, -0.1) is 11.3 Å². The molecule has 1 atom stereocenters. The van der Waals surface area contributed by atoms with Crippen molar-refractivity contribution in [1.82, 2.24) is 9.88 Å². The van der Waals surface area contributed by atoms with E-state index in [-0.39, 0.29) is 11.8 Å². The number of fused-ring (bicyclic) bond motifs is 1. The lowest BCUT2D eigenvalue weighted by Gasteiger charge is -2.33. The highest BCUT2D eigenvalue weighted by atomic mass is 32.1. The molecule has 3 nitrogen and oxygen atoms in total. The van der Waals surface area contributed by atoms with E-state index in [2.05, 4.69) is 4.98 Å². The second-order valence-electron chi connectivity index (χ2n) is 8.21. The monoisotopic (exact) mass is 468 g/mol. The first-order valence-electron chi connectivity index (χ1n) is 10.6. The Kier molecular flexibility index (Phi) is 6.51. The molecule has 4 aromatic rings. The third-order valence-electron chi connectivity index (χ3n) is 5.43. The van der Waals surface area contributed by atoms with Gasteiger partial charge in [-0.1, -0.05) is 62.4 Å². The van der Waals surface area contributed by atoms with Crippen molar-refractivity contribution in [3.05, 3.63) is 101 Å². The molecular formula is C26H23F3N2OS. The second kappa shape index (κ2) is 9.35. The van der Waals surface area contributed by atoms with E-state index >= 15 is 0 Å². The normalized spacial score (nSPS) is 12.8. The molecule has 0 aliphatic carbocycles. The minimum absolute atomic E-state index is 0.0102. The minimum Gasteiger partial charge on any atom is -0.325 e. The zero-order valence-corrected chi connectivity index (χ0v) is 19.0. The number of hydrogen-bond acceptors (Lipinski definition) is 3. The molecular weight excluding hydrogens is 445 g/mol. The number of rotatable bonds is 6. The summed E-state index contributed by atoms with van der Waals surface area (Å²) in [6.07, 6.45) is -4.43. The minimum atomic E-state index is -4.43. The van der Waals surface area contributed by atoms with Crippen LogP contribution in [0.25, 0.3) is 10.2 Å². The Morgan fingerprint density at radius 3 is 2.21 bits per heavy atom. The lowest BCUT2D eigenvalue weighted by molar-refractivity contribution is -0.137. The van der Waals surface area contributed by atoms with Gasteiger partial charge in [0.25, 0.3) is 5.91 Å². The van der Waals surface area contributed by atoms with Crippen molar-refractivity contribution in [2.45, 2.75) is 32.6 Å². The van der Waals surface area contributed by atoms with Crippen LogP contribution in [0.1, 0.15) is 46.4 Å². The molecule has 0 saturated carbocycles. The Hall–Kier alpha value is -3.19. The zero-order valence-electron chi connectivity index (χ0n) is 18.2. The molecule has 0 bridgehead atoms. The van der Waals surface area contributed by atoms with E-state index in [1.54, 1.807) is 17.0 Å². The number of alkyl halides is 3. The van der Waals surface area contributed by atoms with Crippen molar-refractivity contribution in [2.24, 2.45) is 5.92 Å². The molecule has 1 heterocycles. The topological polar surface area (TPSA) is 33.2 Å². The van der Waals surface area contributed by atoms with Crippen LogP contribution in [0.3, 0.4) is 0 Å². The summed E-state index contributed by atoms with van der Waals surface area (Å²) < 4.78 is 40.3. The number of amides is 1. The molecule has 170 valence electrons. The summed E-state index contributed by atoms with van der Waals surface area (Å²) in [5.41, 5.74) is 1.09. The van der Waals surface area contributed by atoms with Gasteiger partial charge in [-0.3, -0.25) is 4.79 Å². The van der Waals surface area contributed by atoms with E-state index in [0.29, 0.717) is 27.3 Å². The third-order valence-corrected chi connectivity index (χ3v) is 6.54. The number of carbonyl (C=O) groups is 1. The predicted octanol–water partition coefficient (Wildman–Crippen LogP) is 7.35. The smallest absolute Gasteiger partial charge is 0.325 e. The second-order valence-corrected chi connectivity index (χ2v) is 9.27. The van der Waals surface area contributed by atoms with Crippen LogP contribution in [0.4, 0.5) is 13.2 Å². The SMILES string of the molecule is CC(C)C(c1nc2cc(C(F)(F)F)ccc2s1)N(Cc1ccccc1)C(=O)c1ccccc1. The standard InChI is InChI=1S/C26H23F3N2OS/c1-17(2)23(24-30-21-15-20(26(27,28)29)13-14-22(21)33-24)31(16-18-9-5-3-6-10-18)25(32)19-11-7-4-8-12-19/h3-15,17,23H,16H2,1-2H3. The maximum atomic E-state index is 13.6. The van der Waals surface area contributed by atoms with Gasteiger partial charge in [-0.25, -0.2) is 4.98 Å². The van der Waals surface area contributed by atoms with Crippen LogP contribution in [-0.4, -0.2) is 15.8 Å². The van der Waals surface area contributed by atoms with Crippen molar-refractivity contribution in [2.75, 3.05) is 0 Å². The number of benzene rings is 3. The number of thiazole rings is 1. The van der Waals surface area contributed by atoms with E-state index in [4.69, 9.17) is 0 Å². The van der Waals surface area contributed by atoms with Crippen LogP contribution in [-0.2, 0) is 12.7 Å². The molecule has 4 rings (SSSR count). The van der Waals surface area contributed by atoms with Gasteiger partial charge in [-0.2, -0.15) is 13.2 Å². The van der Waals surface area contributed by atoms with Crippen LogP contribution >= 0.6 is 11.3 Å². The highest BCUT2D eigenvalue weighted by molar-refractivity contribution is 7.18. The van der Waals surface area contributed by atoms with E-state index in [1.807, 2.05) is 62.4 Å². The number of carbonyl (C=O) groups excluding carboxylic acids is 1. The molecule has 33 heavy (non-hydrogen) atoms. The molecule has 0 aliphatic heterocycles. The Morgan fingerprint density at radius 2 is 1.61 bits per heavy atom. The summed E-state index contributed by atoms with van der Waals surface area (Å²) in [4.78, 5) is 20.0. The van der Waals surface area contributed by atoms with E-state index in [1.165, 1.54) is 17.4 Å². The third kappa shape index (κ3) is 5.09. The Balaban J connectivity index is 1.79. The Morgan fingerprint density at radius 1 is 0.970 bits per heavy atom. The van der Waals surface area contributed by atoms with Gasteiger partial charge in [0, 0.05) is 12.1 Å². The highest BCUT2D eigenvalue weighted by Gasteiger charge is 2.33. The number of aromatic nitrogens is 1. The summed E-state index contributed by atoms with van der Waals surface area (Å²) in [6.45, 7) is 4.35. The maximum absolute atomic E-state index is 13.6. The fraction of sp³-hybridized carbons (Fsp3) is 0.231. The lowest BCUT2D eigenvalue weighted by Crippen LogP contribution is -2.37. The lowest BCUT2D eigenvalue weighted by atomic mass is 10.0. The molecule has 0 N–H and O–H groups in total. The van der Waals surface area contributed by atoms with Crippen LogP contribution in [0.5, 0.6) is 0 Å². The molecule has 0 radical (unpaired) electrons. The van der Waals surface area contributed by atoms with Gasteiger partial charge < -0.3 is 4.90 Å². The van der Waals surface area contributed by atoms with Crippen molar-refractivity contribution in [3.8, 4) is 0 Å². The predicted molar refractivity (Wildman–Crippen MR) is 125 cm³/mol. The summed E-state index contributed by atoms with van der Waals surface area (Å²) >= 11 is 1.33. The molecule has 3 aromatic carbocycles. The van der Waals surface area contributed by atoms with E-state index in [0.717, 1.165) is 17.7 Å². The number of halogens is 3. The molecule has 7 heteroatoms. The average molecular weight is 469 g/mol. The fourth-order valence-corrected chi connectivity index (χ4v) is 5.08. The van der Waals surface area contributed by atoms with Crippen LogP contribution in [0, 0.1) is 5.92 Å². The van der Waals surface area contributed by atoms with Gasteiger partial charge in [0.15, 0.2) is 0 Å². The summed E-state index contributed by atoms with van der Waals surface area (Å²) in [5.74, 6) is -0.155. The Labute approximate surface area is 194 Å². The average Bonchev–Trinajstić information content (AvgIpc) is 3.21. The molecule has 0 aliphatic rings. The van der Waals surface area contributed by atoms with Gasteiger partial charge in [0.1, 0.15) is 5.01 Å². The highest BCUT2D eigenvalue weighted by Crippen LogP contribution is 2.38. The van der Waals surface area contributed by atoms with Crippen molar-refractivity contribution in [1.29, 1.82) is 0 Å². The van der Waals surface area contributed by atoms with Crippen LogP contribution in [0.2, 0.25) is 0 Å². The fourth-order valence-electron chi connectivity index (χ4n) is 3.85. The van der Waals surface area contributed by atoms with Gasteiger partial charge >= 0.3 is 6.18 Å². The largest absolute Gasteiger partial charge is 0.416 e. The molecule has 1 unspecified atom stereocenters. The van der Waals surface area contributed by atoms with E-state index < -0.39 is 17.8 Å². The number of hydrogen-bond donors (Lipinski definition) is 0.